The second-order valence-electron chi connectivity index (χ2n) is 18.6. The highest BCUT2D eigenvalue weighted by Crippen LogP contribution is 2.43. The van der Waals surface area contributed by atoms with Gasteiger partial charge < -0.3 is 68.5 Å². The number of piperazine rings is 1. The fraction of sp³-hybridized carbons (Fsp3) is 0.978. The van der Waals surface area contributed by atoms with Gasteiger partial charge in [-0.15, -0.1) is 0 Å². The third-order valence-corrected chi connectivity index (χ3v) is 13.3. The third kappa shape index (κ3) is 23.3. The zero-order valence-electron chi connectivity index (χ0n) is 37.8. The second kappa shape index (κ2) is 32.6. The number of hydrogen-bond donors (Lipinski definition) is 12. The number of amides is 1. The standard InChI is InChI=1S/C8H14N2O.C6H11N.C6H13N.C5H10N2.C5H11N.C4H10N2.C4H9NO.C4H9N.C3H7N/c11-7-1-2-8(10-7)3-5-9-6-4-8;1-2-6(3-1)4-7-5-6;1-2-4-6-7-5-3-1;1-5(2-6-1)3-7-4-5;1-2-4-6-5-3-1;1-2-6-4-3-5-1;1-3-6-4-2-5-1;1-2-4-5-3-1;1-2-4-3-1/h9H,1-6H2,(H,10,11);7H,1-5H2;7H,1-6H2;6-7H,1-4H2;6H,1-5H2;5-6H,1-4H2;5H,1-4H2;5H,1-4H2;4H,1-3H2. The van der Waals surface area contributed by atoms with E-state index >= 15 is 0 Å². The van der Waals surface area contributed by atoms with E-state index in [2.05, 4.69) is 63.8 Å². The molecular formula is C45H94N12O2. The van der Waals surface area contributed by atoms with Crippen LogP contribution < -0.4 is 63.8 Å². The summed E-state index contributed by atoms with van der Waals surface area (Å²) in [5.41, 5.74) is 1.74. The number of carbonyl (C=O) groups excluding carboxylic acids is 1. The van der Waals surface area contributed by atoms with Gasteiger partial charge in [-0.2, -0.15) is 0 Å². The van der Waals surface area contributed by atoms with E-state index in [1.165, 1.54) is 175 Å². The molecule has 0 bridgehead atoms. The molecule has 0 radical (unpaired) electrons. The molecule has 12 fully saturated rings. The number of hydrogen-bond acceptors (Lipinski definition) is 13. The number of ether oxygens (including phenoxy) is 1. The molecule has 14 nitrogen and oxygen atoms in total. The molecule has 0 aromatic heterocycles. The van der Waals surface area contributed by atoms with Gasteiger partial charge in [0.25, 0.3) is 0 Å². The molecule has 11 saturated heterocycles. The molecule has 59 heavy (non-hydrogen) atoms. The van der Waals surface area contributed by atoms with E-state index in [0.717, 1.165) is 102 Å². The number of rotatable bonds is 0. The quantitative estimate of drug-likeness (QED) is 0.167. The fourth-order valence-electron chi connectivity index (χ4n) is 8.47. The van der Waals surface area contributed by atoms with Crippen LogP contribution in [0.5, 0.6) is 0 Å². The lowest BCUT2D eigenvalue weighted by molar-refractivity contribution is -0.119. The average molecular weight is 835 g/mol. The minimum atomic E-state index is 0.183. The maximum atomic E-state index is 11.0. The van der Waals surface area contributed by atoms with E-state index in [4.69, 9.17) is 4.74 Å². The molecule has 1 amide bonds. The van der Waals surface area contributed by atoms with Gasteiger partial charge in [0.2, 0.25) is 5.91 Å². The molecule has 12 aliphatic rings. The van der Waals surface area contributed by atoms with Crippen molar-refractivity contribution in [2.45, 2.75) is 115 Å². The van der Waals surface area contributed by atoms with Crippen molar-refractivity contribution < 1.29 is 9.53 Å². The normalized spacial score (nSPS) is 27.4. The zero-order chi connectivity index (χ0) is 41.3. The van der Waals surface area contributed by atoms with Crippen molar-refractivity contribution in [3.63, 3.8) is 0 Å². The molecule has 3 spiro atoms. The Balaban J connectivity index is 0.000000148. The van der Waals surface area contributed by atoms with Crippen molar-refractivity contribution in [3.05, 3.63) is 0 Å². The van der Waals surface area contributed by atoms with E-state index in [9.17, 15) is 4.79 Å². The summed E-state index contributed by atoms with van der Waals surface area (Å²) in [5.74, 6) is 0.243. The van der Waals surface area contributed by atoms with Crippen molar-refractivity contribution in [2.24, 2.45) is 10.8 Å². The highest BCUT2D eigenvalue weighted by Gasteiger charge is 2.42. The summed E-state index contributed by atoms with van der Waals surface area (Å²) in [6.07, 6.45) is 22.5. The van der Waals surface area contributed by atoms with E-state index in [1.54, 1.807) is 0 Å². The molecule has 0 atom stereocenters. The molecule has 0 unspecified atom stereocenters. The number of morpholine rings is 1. The first-order chi connectivity index (χ1) is 29.1. The minimum Gasteiger partial charge on any atom is -0.379 e. The predicted octanol–water partition coefficient (Wildman–Crippen LogP) is 1.00. The van der Waals surface area contributed by atoms with E-state index in [1.807, 2.05) is 0 Å². The summed E-state index contributed by atoms with van der Waals surface area (Å²) in [5, 5.41) is 38.8. The van der Waals surface area contributed by atoms with Gasteiger partial charge in [0, 0.05) is 95.9 Å². The van der Waals surface area contributed by atoms with Gasteiger partial charge in [-0.1, -0.05) is 25.7 Å². The molecule has 0 aromatic carbocycles. The van der Waals surface area contributed by atoms with Gasteiger partial charge in [-0.05, 0) is 148 Å². The van der Waals surface area contributed by atoms with Crippen LogP contribution in [0.4, 0.5) is 0 Å². The third-order valence-electron chi connectivity index (χ3n) is 13.3. The van der Waals surface area contributed by atoms with Crippen LogP contribution in [0.3, 0.4) is 0 Å². The maximum absolute atomic E-state index is 11.0. The molecule has 14 heteroatoms. The first kappa shape index (κ1) is 50.6. The van der Waals surface area contributed by atoms with E-state index < -0.39 is 0 Å². The van der Waals surface area contributed by atoms with Gasteiger partial charge in [0.05, 0.1) is 13.2 Å². The number of carbonyl (C=O) groups is 1. The monoisotopic (exact) mass is 835 g/mol. The van der Waals surface area contributed by atoms with Crippen molar-refractivity contribution in [3.8, 4) is 0 Å². The summed E-state index contributed by atoms with van der Waals surface area (Å²) in [4.78, 5) is 11.0. The van der Waals surface area contributed by atoms with Crippen molar-refractivity contribution in [1.29, 1.82) is 0 Å². The Morgan fingerprint density at radius 1 is 0.322 bits per heavy atom. The Bertz CT molecular complexity index is 834. The maximum Gasteiger partial charge on any atom is 0.220 e. The van der Waals surface area contributed by atoms with Crippen LogP contribution in [-0.4, -0.2) is 169 Å². The van der Waals surface area contributed by atoms with Crippen molar-refractivity contribution >= 4 is 5.91 Å². The van der Waals surface area contributed by atoms with Crippen LogP contribution in [0.2, 0.25) is 0 Å². The van der Waals surface area contributed by atoms with E-state index in [0.29, 0.717) is 0 Å². The Morgan fingerprint density at radius 3 is 0.898 bits per heavy atom. The Labute approximate surface area is 361 Å². The van der Waals surface area contributed by atoms with Gasteiger partial charge >= 0.3 is 0 Å². The molecule has 1 saturated carbocycles. The summed E-state index contributed by atoms with van der Waals surface area (Å²) in [7, 11) is 0. The van der Waals surface area contributed by atoms with Gasteiger partial charge in [-0.25, -0.2) is 0 Å². The SMILES string of the molecule is C1CC2(C1)CNC2.C1CCCNCC1.C1CCNC1.C1CCNCC1.C1CNC1.C1CNCCN1.C1COCCN1.C1NCC12CNC2.O=C1CCC2(CCNCC2)N1. The summed E-state index contributed by atoms with van der Waals surface area (Å²) >= 11 is 0. The van der Waals surface area contributed by atoms with Gasteiger partial charge in [0.15, 0.2) is 0 Å². The lowest BCUT2D eigenvalue weighted by atomic mass is 9.65. The highest BCUT2D eigenvalue weighted by atomic mass is 16.5. The Kier molecular flexibility index (Phi) is 28.0. The first-order valence-electron chi connectivity index (χ1n) is 24.8. The van der Waals surface area contributed by atoms with Crippen LogP contribution in [0.15, 0.2) is 0 Å². The highest BCUT2D eigenvalue weighted by molar-refractivity contribution is 5.79. The Morgan fingerprint density at radius 2 is 0.678 bits per heavy atom. The molecule has 11 heterocycles. The van der Waals surface area contributed by atoms with Gasteiger partial charge in [0.1, 0.15) is 0 Å². The zero-order valence-corrected chi connectivity index (χ0v) is 37.8. The first-order valence-corrected chi connectivity index (χ1v) is 24.8. The van der Waals surface area contributed by atoms with Gasteiger partial charge in [-0.3, -0.25) is 4.79 Å². The smallest absolute Gasteiger partial charge is 0.220 e. The average Bonchev–Trinajstić information content (AvgIpc) is 3.81. The molecule has 12 N–H and O–H groups in total. The molecule has 12 rings (SSSR count). The van der Waals surface area contributed by atoms with Crippen LogP contribution in [0, 0.1) is 10.8 Å². The Hall–Kier alpha value is -1.01. The summed E-state index contributed by atoms with van der Waals surface area (Å²) in [6.45, 7) is 28.1. The molecule has 11 aliphatic heterocycles. The number of piperidine rings is 2. The van der Waals surface area contributed by atoms with Crippen LogP contribution in [0.25, 0.3) is 0 Å². The lowest BCUT2D eigenvalue weighted by Crippen LogP contribution is -2.69. The van der Waals surface area contributed by atoms with Crippen LogP contribution >= 0.6 is 0 Å². The van der Waals surface area contributed by atoms with Crippen molar-refractivity contribution in [1.82, 2.24) is 63.8 Å². The molecule has 1 aliphatic carbocycles. The summed E-state index contributed by atoms with van der Waals surface area (Å²) in [6, 6.07) is 0. The fourth-order valence-corrected chi connectivity index (χ4v) is 8.47. The van der Waals surface area contributed by atoms with Crippen molar-refractivity contribution in [2.75, 3.05) is 157 Å². The number of nitrogens with one attached hydrogen (secondary N) is 12. The second-order valence-corrected chi connectivity index (χ2v) is 18.6. The molecular weight excluding hydrogens is 741 g/mol. The molecule has 346 valence electrons. The topological polar surface area (TPSA) is 171 Å². The largest absolute Gasteiger partial charge is 0.379 e. The summed E-state index contributed by atoms with van der Waals surface area (Å²) < 4.78 is 5.01. The van der Waals surface area contributed by atoms with E-state index in [-0.39, 0.29) is 11.4 Å². The minimum absolute atomic E-state index is 0.183. The molecule has 0 aromatic rings. The predicted molar refractivity (Wildman–Crippen MR) is 247 cm³/mol. The van der Waals surface area contributed by atoms with Crippen LogP contribution in [-0.2, 0) is 9.53 Å². The van der Waals surface area contributed by atoms with Crippen LogP contribution in [0.1, 0.15) is 109 Å². The lowest BCUT2D eigenvalue weighted by Gasteiger charge is -2.50.